The molecule has 0 radical (unpaired) electrons. The molecule has 0 aliphatic carbocycles. The lowest BCUT2D eigenvalue weighted by molar-refractivity contribution is -0.140. The van der Waals surface area contributed by atoms with Gasteiger partial charge >= 0.3 is 5.97 Å². The molecule has 0 bridgehead atoms. The molecule has 1 aromatic rings. The van der Waals surface area contributed by atoms with Crippen LogP contribution in [0.4, 0.5) is 5.69 Å². The maximum atomic E-state index is 12.7. The predicted molar refractivity (Wildman–Crippen MR) is 74.7 cm³/mol. The summed E-state index contributed by atoms with van der Waals surface area (Å²) in [6, 6.07) is 6.43. The number of carbonyl (C=O) groups is 2. The monoisotopic (exact) mass is 274 g/mol. The van der Waals surface area contributed by atoms with Crippen LogP contribution in [0.15, 0.2) is 24.3 Å². The van der Waals surface area contributed by atoms with E-state index >= 15 is 0 Å². The second kappa shape index (κ2) is 5.25. The summed E-state index contributed by atoms with van der Waals surface area (Å²) in [7, 11) is 0. The Labute approximate surface area is 117 Å². The Morgan fingerprint density at radius 2 is 2.05 bits per heavy atom. The number of carboxylic acids is 1. The minimum Gasteiger partial charge on any atom is -0.480 e. The average Bonchev–Trinajstić information content (AvgIpc) is 2.87. The van der Waals surface area contributed by atoms with Gasteiger partial charge in [-0.15, -0.1) is 0 Å². The van der Waals surface area contributed by atoms with E-state index in [1.807, 2.05) is 24.3 Å². The highest BCUT2D eigenvalue weighted by atomic mass is 16.4. The number of fused-ring (bicyclic) bond motifs is 1. The number of nitrogens with one attached hydrogen (secondary N) is 1. The smallest absolute Gasteiger partial charge is 0.327 e. The van der Waals surface area contributed by atoms with E-state index in [2.05, 4.69) is 5.32 Å². The second-order valence-corrected chi connectivity index (χ2v) is 5.40. The van der Waals surface area contributed by atoms with Crippen LogP contribution in [-0.4, -0.2) is 35.6 Å². The summed E-state index contributed by atoms with van der Waals surface area (Å²) in [4.78, 5) is 25.6. The molecule has 106 valence electrons. The minimum atomic E-state index is -0.939. The van der Waals surface area contributed by atoms with Gasteiger partial charge in [-0.25, -0.2) is 4.79 Å². The summed E-state index contributed by atoms with van der Waals surface area (Å²) >= 11 is 0. The summed E-state index contributed by atoms with van der Waals surface area (Å²) in [5.41, 5.74) is 1.68. The molecule has 1 amide bonds. The van der Waals surface area contributed by atoms with Crippen LogP contribution in [0.5, 0.6) is 0 Å². The number of para-hydroxylation sites is 1. The molecule has 5 nitrogen and oxygen atoms in total. The zero-order chi connectivity index (χ0) is 14.1. The van der Waals surface area contributed by atoms with E-state index in [9.17, 15) is 14.7 Å². The van der Waals surface area contributed by atoms with Gasteiger partial charge in [0.05, 0.1) is 6.04 Å². The van der Waals surface area contributed by atoms with Gasteiger partial charge in [-0.1, -0.05) is 24.6 Å². The van der Waals surface area contributed by atoms with Crippen molar-refractivity contribution in [3.05, 3.63) is 29.8 Å². The van der Waals surface area contributed by atoms with Crippen molar-refractivity contribution in [2.75, 3.05) is 11.4 Å². The fourth-order valence-corrected chi connectivity index (χ4v) is 3.09. The lowest BCUT2D eigenvalue weighted by Crippen LogP contribution is -2.53. The molecule has 5 heteroatoms. The van der Waals surface area contributed by atoms with Crippen molar-refractivity contribution < 1.29 is 14.7 Å². The van der Waals surface area contributed by atoms with Crippen LogP contribution in [0.2, 0.25) is 0 Å². The fraction of sp³-hybridized carbons (Fsp3) is 0.467. The maximum Gasteiger partial charge on any atom is 0.327 e. The number of nitrogens with zero attached hydrogens (tertiary/aromatic N) is 1. The molecule has 2 atom stereocenters. The first kappa shape index (κ1) is 13.1. The minimum absolute atomic E-state index is 0.109. The fourth-order valence-electron chi connectivity index (χ4n) is 3.09. The molecule has 2 aliphatic heterocycles. The normalized spacial score (nSPS) is 25.3. The molecular weight excluding hydrogens is 256 g/mol. The highest BCUT2D eigenvalue weighted by molar-refractivity contribution is 6.04. The van der Waals surface area contributed by atoms with Crippen LogP contribution in [0.3, 0.4) is 0 Å². The summed E-state index contributed by atoms with van der Waals surface area (Å²) < 4.78 is 0. The van der Waals surface area contributed by atoms with Crippen molar-refractivity contribution in [1.82, 2.24) is 5.32 Å². The Hall–Kier alpha value is -1.88. The van der Waals surface area contributed by atoms with Gasteiger partial charge in [-0.2, -0.15) is 0 Å². The van der Waals surface area contributed by atoms with Gasteiger partial charge in [-0.05, 0) is 31.0 Å². The zero-order valence-electron chi connectivity index (χ0n) is 11.2. The van der Waals surface area contributed by atoms with Crippen LogP contribution in [0, 0.1) is 0 Å². The molecule has 1 fully saturated rings. The standard InChI is InChI=1S/C15H18N2O3/c18-14(11-6-3-4-8-16-11)17-12-7-2-1-5-10(12)9-13(17)15(19)20/h1-2,5,7,11,13,16H,3-4,6,8-9H2,(H,19,20)/t11-,13-/m0/s1. The van der Waals surface area contributed by atoms with Crippen LogP contribution >= 0.6 is 0 Å². The molecule has 0 unspecified atom stereocenters. The number of amides is 1. The number of carbonyl (C=O) groups excluding carboxylic acids is 1. The number of hydrogen-bond donors (Lipinski definition) is 2. The van der Waals surface area contributed by atoms with E-state index in [1.165, 1.54) is 4.90 Å². The first-order valence-electron chi connectivity index (χ1n) is 7.05. The Morgan fingerprint density at radius 3 is 2.75 bits per heavy atom. The van der Waals surface area contributed by atoms with Gasteiger partial charge in [0.15, 0.2) is 0 Å². The summed E-state index contributed by atoms with van der Waals surface area (Å²) in [5, 5.41) is 12.6. The Morgan fingerprint density at radius 1 is 1.25 bits per heavy atom. The molecule has 2 heterocycles. The van der Waals surface area contributed by atoms with Gasteiger partial charge in [0.2, 0.25) is 5.91 Å². The van der Waals surface area contributed by atoms with E-state index in [4.69, 9.17) is 0 Å². The second-order valence-electron chi connectivity index (χ2n) is 5.40. The van der Waals surface area contributed by atoms with Crippen molar-refractivity contribution in [1.29, 1.82) is 0 Å². The molecule has 0 saturated carbocycles. The lowest BCUT2D eigenvalue weighted by atomic mass is 10.0. The highest BCUT2D eigenvalue weighted by Gasteiger charge is 2.40. The van der Waals surface area contributed by atoms with E-state index in [0.29, 0.717) is 6.42 Å². The Balaban J connectivity index is 1.91. The third-order valence-corrected chi connectivity index (χ3v) is 4.11. The van der Waals surface area contributed by atoms with Gasteiger partial charge < -0.3 is 10.4 Å². The number of hydrogen-bond acceptors (Lipinski definition) is 3. The van der Waals surface area contributed by atoms with Crippen LogP contribution < -0.4 is 10.2 Å². The van der Waals surface area contributed by atoms with Crippen molar-refractivity contribution in [2.45, 2.75) is 37.8 Å². The first-order chi connectivity index (χ1) is 9.68. The largest absolute Gasteiger partial charge is 0.480 e. The van der Waals surface area contributed by atoms with Crippen LogP contribution in [0.25, 0.3) is 0 Å². The van der Waals surface area contributed by atoms with Crippen molar-refractivity contribution in [3.8, 4) is 0 Å². The summed E-state index contributed by atoms with van der Waals surface area (Å²) in [6.45, 7) is 0.823. The van der Waals surface area contributed by atoms with Gasteiger partial charge in [0, 0.05) is 12.1 Å². The topological polar surface area (TPSA) is 69.6 Å². The summed E-state index contributed by atoms with van der Waals surface area (Å²) in [6.07, 6.45) is 3.26. The first-order valence-corrected chi connectivity index (χ1v) is 7.05. The number of rotatable bonds is 2. The predicted octanol–water partition coefficient (Wildman–Crippen LogP) is 1.17. The number of piperidine rings is 1. The molecular formula is C15H18N2O3. The molecule has 2 aliphatic rings. The van der Waals surface area contributed by atoms with E-state index in [-0.39, 0.29) is 11.9 Å². The summed E-state index contributed by atoms with van der Waals surface area (Å²) in [5.74, 6) is -1.05. The molecule has 0 spiro atoms. The Bertz CT molecular complexity index is 538. The number of benzene rings is 1. The van der Waals surface area contributed by atoms with Crippen molar-refractivity contribution >= 4 is 17.6 Å². The zero-order valence-corrected chi connectivity index (χ0v) is 11.2. The number of carboxylic acid groups (broad SMARTS) is 1. The third-order valence-electron chi connectivity index (χ3n) is 4.11. The van der Waals surface area contributed by atoms with Crippen LogP contribution in [0.1, 0.15) is 24.8 Å². The maximum absolute atomic E-state index is 12.7. The third kappa shape index (κ3) is 2.18. The van der Waals surface area contributed by atoms with Gasteiger partial charge in [0.1, 0.15) is 6.04 Å². The van der Waals surface area contributed by atoms with Crippen LogP contribution in [-0.2, 0) is 16.0 Å². The molecule has 20 heavy (non-hydrogen) atoms. The SMILES string of the molecule is O=C(O)[C@@H]1Cc2ccccc2N1C(=O)[C@@H]1CCCCN1. The van der Waals surface area contributed by atoms with E-state index < -0.39 is 12.0 Å². The molecule has 0 aromatic heterocycles. The molecule has 3 rings (SSSR count). The lowest BCUT2D eigenvalue weighted by Gasteiger charge is -2.30. The van der Waals surface area contributed by atoms with E-state index in [1.54, 1.807) is 0 Å². The molecule has 1 aromatic carbocycles. The van der Waals surface area contributed by atoms with Crippen molar-refractivity contribution in [3.63, 3.8) is 0 Å². The van der Waals surface area contributed by atoms with Crippen molar-refractivity contribution in [2.24, 2.45) is 0 Å². The van der Waals surface area contributed by atoms with Gasteiger partial charge in [0.25, 0.3) is 0 Å². The van der Waals surface area contributed by atoms with E-state index in [0.717, 1.165) is 37.1 Å². The molecule has 1 saturated heterocycles. The quantitative estimate of drug-likeness (QED) is 0.849. The average molecular weight is 274 g/mol. The number of aliphatic carboxylic acids is 1. The Kier molecular flexibility index (Phi) is 3.44. The highest BCUT2D eigenvalue weighted by Crippen LogP contribution is 2.33. The number of anilines is 1. The molecule has 2 N–H and O–H groups in total. The van der Waals surface area contributed by atoms with Gasteiger partial charge in [-0.3, -0.25) is 9.69 Å².